The summed E-state index contributed by atoms with van der Waals surface area (Å²) in [6, 6.07) is 0. The van der Waals surface area contributed by atoms with Crippen molar-refractivity contribution in [2.75, 3.05) is 20.1 Å². The standard InChI is InChI=1S/C7H15F3N4/c1-3-12-6(13-11)14(2)5-4-7(8,9)10/h3-5,11H2,1-2H3,(H,12,13). The molecule has 84 valence electrons. The van der Waals surface area contributed by atoms with Gasteiger partial charge in [0.15, 0.2) is 0 Å². The Labute approximate surface area is 80.9 Å². The summed E-state index contributed by atoms with van der Waals surface area (Å²) in [5.41, 5.74) is 2.25. The van der Waals surface area contributed by atoms with Crippen molar-refractivity contribution in [2.24, 2.45) is 10.8 Å². The Bertz CT molecular complexity index is 190. The molecule has 0 amide bonds. The van der Waals surface area contributed by atoms with Crippen LogP contribution < -0.4 is 11.3 Å². The van der Waals surface area contributed by atoms with Gasteiger partial charge in [0.2, 0.25) is 5.96 Å². The average molecular weight is 212 g/mol. The van der Waals surface area contributed by atoms with Gasteiger partial charge in [-0.25, -0.2) is 5.84 Å². The number of nitrogens with two attached hydrogens (primary N) is 1. The minimum absolute atomic E-state index is 0.160. The number of halogens is 3. The lowest BCUT2D eigenvalue weighted by molar-refractivity contribution is -0.135. The SMILES string of the molecule is CCN=C(NN)N(C)CCC(F)(F)F. The smallest absolute Gasteiger partial charge is 0.345 e. The van der Waals surface area contributed by atoms with Gasteiger partial charge in [-0.15, -0.1) is 0 Å². The molecule has 3 N–H and O–H groups in total. The quantitative estimate of drug-likeness (QED) is 0.313. The van der Waals surface area contributed by atoms with Gasteiger partial charge in [-0.05, 0) is 6.92 Å². The summed E-state index contributed by atoms with van der Waals surface area (Å²) in [5.74, 6) is 5.36. The second kappa shape index (κ2) is 5.69. The van der Waals surface area contributed by atoms with Crippen LogP contribution >= 0.6 is 0 Å². The fourth-order valence-electron chi connectivity index (χ4n) is 0.827. The van der Waals surface area contributed by atoms with Crippen LogP contribution in [-0.4, -0.2) is 37.2 Å². The third-order valence-electron chi connectivity index (χ3n) is 1.53. The molecule has 0 atom stereocenters. The van der Waals surface area contributed by atoms with Gasteiger partial charge in [0, 0.05) is 20.1 Å². The van der Waals surface area contributed by atoms with Crippen molar-refractivity contribution in [3.8, 4) is 0 Å². The minimum atomic E-state index is -4.15. The highest BCUT2D eigenvalue weighted by atomic mass is 19.4. The predicted molar refractivity (Wildman–Crippen MR) is 48.6 cm³/mol. The second-order valence-corrected chi connectivity index (χ2v) is 2.73. The Morgan fingerprint density at radius 2 is 2.07 bits per heavy atom. The number of hydrogen-bond donors (Lipinski definition) is 2. The lowest BCUT2D eigenvalue weighted by Gasteiger charge is -2.20. The van der Waals surface area contributed by atoms with Crippen molar-refractivity contribution in [2.45, 2.75) is 19.5 Å². The van der Waals surface area contributed by atoms with Crippen molar-refractivity contribution in [3.63, 3.8) is 0 Å². The maximum absolute atomic E-state index is 11.9. The van der Waals surface area contributed by atoms with Crippen LogP contribution in [0.25, 0.3) is 0 Å². The Hall–Kier alpha value is -0.980. The molecule has 0 bridgehead atoms. The van der Waals surface area contributed by atoms with Gasteiger partial charge in [0.1, 0.15) is 0 Å². The van der Waals surface area contributed by atoms with Crippen LogP contribution in [0.4, 0.5) is 13.2 Å². The van der Waals surface area contributed by atoms with Crippen molar-refractivity contribution >= 4 is 5.96 Å². The molecule has 0 saturated heterocycles. The third kappa shape index (κ3) is 5.63. The maximum atomic E-state index is 11.9. The van der Waals surface area contributed by atoms with E-state index in [1.54, 1.807) is 6.92 Å². The van der Waals surface area contributed by atoms with Crippen LogP contribution in [0.15, 0.2) is 4.99 Å². The molecule has 0 aliphatic rings. The first-order valence-electron chi connectivity index (χ1n) is 4.19. The van der Waals surface area contributed by atoms with Gasteiger partial charge >= 0.3 is 6.18 Å². The topological polar surface area (TPSA) is 53.6 Å². The largest absolute Gasteiger partial charge is 0.390 e. The molecule has 7 heteroatoms. The van der Waals surface area contributed by atoms with Crippen LogP contribution in [0, 0.1) is 0 Å². The summed E-state index contributed by atoms with van der Waals surface area (Å²) < 4.78 is 35.6. The van der Waals surface area contributed by atoms with E-state index in [0.717, 1.165) is 0 Å². The van der Waals surface area contributed by atoms with E-state index < -0.39 is 12.6 Å². The fraction of sp³-hybridized carbons (Fsp3) is 0.857. The molecule has 0 fully saturated rings. The van der Waals surface area contributed by atoms with Crippen molar-refractivity contribution < 1.29 is 13.2 Å². The number of hydrazine groups is 1. The van der Waals surface area contributed by atoms with Crippen LogP contribution in [-0.2, 0) is 0 Å². The van der Waals surface area contributed by atoms with E-state index in [4.69, 9.17) is 5.84 Å². The van der Waals surface area contributed by atoms with Gasteiger partial charge in [-0.1, -0.05) is 0 Å². The van der Waals surface area contributed by atoms with E-state index in [0.29, 0.717) is 6.54 Å². The number of alkyl halides is 3. The summed E-state index contributed by atoms with van der Waals surface area (Å²) in [6.45, 7) is 2.08. The van der Waals surface area contributed by atoms with Crippen molar-refractivity contribution in [1.29, 1.82) is 0 Å². The highest BCUT2D eigenvalue weighted by Gasteiger charge is 2.27. The van der Waals surface area contributed by atoms with E-state index in [1.807, 2.05) is 0 Å². The second-order valence-electron chi connectivity index (χ2n) is 2.73. The van der Waals surface area contributed by atoms with Crippen LogP contribution in [0.1, 0.15) is 13.3 Å². The van der Waals surface area contributed by atoms with E-state index in [-0.39, 0.29) is 12.5 Å². The summed E-state index contributed by atoms with van der Waals surface area (Å²) in [4.78, 5) is 5.21. The van der Waals surface area contributed by atoms with Gasteiger partial charge < -0.3 is 4.90 Å². The molecule has 0 unspecified atom stereocenters. The zero-order chi connectivity index (χ0) is 11.2. The Kier molecular flexibility index (Phi) is 5.29. The Morgan fingerprint density at radius 1 is 1.50 bits per heavy atom. The van der Waals surface area contributed by atoms with Gasteiger partial charge in [-0.2, -0.15) is 13.2 Å². The molecule has 14 heavy (non-hydrogen) atoms. The highest BCUT2D eigenvalue weighted by molar-refractivity contribution is 5.79. The Morgan fingerprint density at radius 3 is 2.43 bits per heavy atom. The highest BCUT2D eigenvalue weighted by Crippen LogP contribution is 2.19. The molecular weight excluding hydrogens is 197 g/mol. The number of hydrogen-bond acceptors (Lipinski definition) is 2. The zero-order valence-electron chi connectivity index (χ0n) is 8.23. The predicted octanol–water partition coefficient (Wildman–Crippen LogP) is 0.710. The first-order valence-corrected chi connectivity index (χ1v) is 4.19. The van der Waals surface area contributed by atoms with Crippen molar-refractivity contribution in [3.05, 3.63) is 0 Å². The van der Waals surface area contributed by atoms with E-state index in [1.165, 1.54) is 11.9 Å². The molecule has 0 heterocycles. The number of rotatable bonds is 3. The Balaban J connectivity index is 4.06. The molecule has 0 saturated carbocycles. The molecule has 0 rings (SSSR count). The molecule has 0 aromatic heterocycles. The number of nitrogens with one attached hydrogen (secondary N) is 1. The molecule has 0 aromatic rings. The molecular formula is C7H15F3N4. The number of guanidine groups is 1. The van der Waals surface area contributed by atoms with E-state index >= 15 is 0 Å². The zero-order valence-corrected chi connectivity index (χ0v) is 8.23. The molecule has 0 aliphatic carbocycles. The lowest BCUT2D eigenvalue weighted by atomic mass is 10.4. The average Bonchev–Trinajstić information content (AvgIpc) is 2.09. The van der Waals surface area contributed by atoms with E-state index in [9.17, 15) is 13.2 Å². The number of aliphatic imine (C=N–C) groups is 1. The van der Waals surface area contributed by atoms with Crippen LogP contribution in [0.2, 0.25) is 0 Å². The van der Waals surface area contributed by atoms with E-state index in [2.05, 4.69) is 10.4 Å². The van der Waals surface area contributed by atoms with Gasteiger partial charge in [0.05, 0.1) is 6.42 Å². The molecule has 4 nitrogen and oxygen atoms in total. The fourth-order valence-corrected chi connectivity index (χ4v) is 0.827. The monoisotopic (exact) mass is 212 g/mol. The normalized spacial score (nSPS) is 12.9. The number of nitrogens with zero attached hydrogens (tertiary/aromatic N) is 2. The first-order chi connectivity index (χ1) is 6.40. The summed E-state index contributed by atoms with van der Waals surface area (Å²) >= 11 is 0. The van der Waals surface area contributed by atoms with Crippen molar-refractivity contribution in [1.82, 2.24) is 10.3 Å². The van der Waals surface area contributed by atoms with Crippen LogP contribution in [0.3, 0.4) is 0 Å². The lowest BCUT2D eigenvalue weighted by Crippen LogP contribution is -2.44. The third-order valence-corrected chi connectivity index (χ3v) is 1.53. The maximum Gasteiger partial charge on any atom is 0.390 e. The minimum Gasteiger partial charge on any atom is -0.345 e. The molecule has 0 aliphatic heterocycles. The first kappa shape index (κ1) is 13.0. The summed E-state index contributed by atoms with van der Waals surface area (Å²) in [6.07, 6.45) is -5.03. The van der Waals surface area contributed by atoms with Gasteiger partial charge in [-0.3, -0.25) is 10.4 Å². The molecule has 0 radical (unpaired) electrons. The van der Waals surface area contributed by atoms with Gasteiger partial charge in [0.25, 0.3) is 0 Å². The molecule has 0 aromatic carbocycles. The summed E-state index contributed by atoms with van der Waals surface area (Å²) in [7, 11) is 1.50. The van der Waals surface area contributed by atoms with Crippen LogP contribution in [0.5, 0.6) is 0 Å². The molecule has 0 spiro atoms. The summed E-state index contributed by atoms with van der Waals surface area (Å²) in [5, 5.41) is 0.